The van der Waals surface area contributed by atoms with E-state index in [0.717, 1.165) is 17.7 Å². The van der Waals surface area contributed by atoms with Crippen molar-refractivity contribution in [1.82, 2.24) is 10.3 Å². The number of aryl methyl sites for hydroxylation is 1. The number of hydrogen-bond donors (Lipinski definition) is 1. The summed E-state index contributed by atoms with van der Waals surface area (Å²) in [5.74, 6) is 2.03. The molecule has 1 unspecified atom stereocenters. The molecular weight excluding hydrogens is 280 g/mol. The molecule has 1 heterocycles. The van der Waals surface area contributed by atoms with Gasteiger partial charge in [-0.3, -0.25) is 4.79 Å². The Morgan fingerprint density at radius 1 is 1.45 bits per heavy atom. The van der Waals surface area contributed by atoms with Crippen molar-refractivity contribution in [3.05, 3.63) is 36.4 Å². The van der Waals surface area contributed by atoms with Gasteiger partial charge in [0.1, 0.15) is 5.75 Å². The molecule has 5 heteroatoms. The molecule has 1 N–H and O–H groups in total. The number of carbonyl (C=O) groups excluding carboxylic acids is 1. The molecule has 22 heavy (non-hydrogen) atoms. The molecule has 0 aliphatic rings. The smallest absolute Gasteiger partial charge is 0.220 e. The number of nitrogens with zero attached hydrogens (tertiary/aromatic N) is 1. The van der Waals surface area contributed by atoms with E-state index in [0.29, 0.717) is 24.5 Å². The average Bonchev–Trinajstić information content (AvgIpc) is 3.02. The number of nitrogens with one attached hydrogen (secondary N) is 1. The van der Waals surface area contributed by atoms with E-state index >= 15 is 0 Å². The van der Waals surface area contributed by atoms with Crippen molar-refractivity contribution < 1.29 is 13.9 Å². The van der Waals surface area contributed by atoms with Crippen LogP contribution >= 0.6 is 0 Å². The lowest BCUT2D eigenvalue weighted by atomic mass is 10.2. The van der Waals surface area contributed by atoms with Crippen LogP contribution in [0.5, 0.6) is 5.75 Å². The van der Waals surface area contributed by atoms with E-state index in [9.17, 15) is 4.79 Å². The van der Waals surface area contributed by atoms with E-state index in [1.54, 1.807) is 13.3 Å². The van der Waals surface area contributed by atoms with E-state index < -0.39 is 0 Å². The van der Waals surface area contributed by atoms with Crippen LogP contribution in [0.1, 0.15) is 32.6 Å². The van der Waals surface area contributed by atoms with Crippen LogP contribution < -0.4 is 10.1 Å². The molecule has 118 valence electrons. The Bertz CT molecular complexity index is 622. The summed E-state index contributed by atoms with van der Waals surface area (Å²) < 4.78 is 10.9. The van der Waals surface area contributed by atoms with Gasteiger partial charge < -0.3 is 14.5 Å². The highest BCUT2D eigenvalue weighted by Crippen LogP contribution is 2.24. The van der Waals surface area contributed by atoms with Crippen LogP contribution in [0.2, 0.25) is 0 Å². The van der Waals surface area contributed by atoms with Gasteiger partial charge in [-0.05, 0) is 25.5 Å². The molecular formula is C17H22N2O3. The van der Waals surface area contributed by atoms with E-state index in [1.165, 1.54) is 0 Å². The number of carbonyl (C=O) groups is 1. The Labute approximate surface area is 130 Å². The van der Waals surface area contributed by atoms with Crippen LogP contribution in [0, 0.1) is 0 Å². The van der Waals surface area contributed by atoms with E-state index in [2.05, 4.69) is 10.3 Å². The molecule has 0 radical (unpaired) electrons. The van der Waals surface area contributed by atoms with Crippen molar-refractivity contribution >= 4 is 5.91 Å². The topological polar surface area (TPSA) is 64.4 Å². The fourth-order valence-corrected chi connectivity index (χ4v) is 2.01. The minimum atomic E-state index is 0.0236. The standard InChI is InChI=1S/C17H22N2O3/c1-4-12(2)19-16(20)8-9-17-18-11-15(22-17)13-6-5-7-14(10-13)21-3/h5-7,10-12H,4,8-9H2,1-3H3,(H,19,20). The molecule has 0 saturated carbocycles. The summed E-state index contributed by atoms with van der Waals surface area (Å²) in [5.41, 5.74) is 0.905. The molecule has 0 spiro atoms. The van der Waals surface area contributed by atoms with Gasteiger partial charge in [0.05, 0.1) is 13.3 Å². The third-order valence-corrected chi connectivity index (χ3v) is 3.49. The number of aromatic nitrogens is 1. The summed E-state index contributed by atoms with van der Waals surface area (Å²) in [6.45, 7) is 4.03. The molecule has 1 atom stereocenters. The van der Waals surface area contributed by atoms with E-state index in [1.807, 2.05) is 38.1 Å². The Morgan fingerprint density at radius 2 is 2.27 bits per heavy atom. The van der Waals surface area contributed by atoms with Gasteiger partial charge in [0.2, 0.25) is 5.91 Å². The van der Waals surface area contributed by atoms with Crippen molar-refractivity contribution in [1.29, 1.82) is 0 Å². The number of oxazole rings is 1. The zero-order chi connectivity index (χ0) is 15.9. The Kier molecular flexibility index (Phi) is 5.58. The van der Waals surface area contributed by atoms with Gasteiger partial charge in [-0.1, -0.05) is 19.1 Å². The second kappa shape index (κ2) is 7.64. The molecule has 0 bridgehead atoms. The largest absolute Gasteiger partial charge is 0.497 e. The number of hydrogen-bond acceptors (Lipinski definition) is 4. The summed E-state index contributed by atoms with van der Waals surface area (Å²) >= 11 is 0. The minimum Gasteiger partial charge on any atom is -0.497 e. The van der Waals surface area contributed by atoms with Crippen molar-refractivity contribution in [2.75, 3.05) is 7.11 Å². The van der Waals surface area contributed by atoms with Crippen LogP contribution in [0.4, 0.5) is 0 Å². The lowest BCUT2D eigenvalue weighted by molar-refractivity contribution is -0.121. The lowest BCUT2D eigenvalue weighted by Crippen LogP contribution is -2.32. The first-order valence-electron chi connectivity index (χ1n) is 7.51. The van der Waals surface area contributed by atoms with Gasteiger partial charge >= 0.3 is 0 Å². The molecule has 0 saturated heterocycles. The first-order chi connectivity index (χ1) is 10.6. The fourth-order valence-electron chi connectivity index (χ4n) is 2.01. The second-order valence-corrected chi connectivity index (χ2v) is 5.23. The molecule has 0 aliphatic carbocycles. The molecule has 1 aromatic heterocycles. The molecule has 0 aliphatic heterocycles. The Hall–Kier alpha value is -2.30. The number of methoxy groups -OCH3 is 1. The van der Waals surface area contributed by atoms with E-state index in [-0.39, 0.29) is 11.9 Å². The third kappa shape index (κ3) is 4.35. The quantitative estimate of drug-likeness (QED) is 0.853. The SMILES string of the molecule is CCC(C)NC(=O)CCc1ncc(-c2cccc(OC)c2)o1. The minimum absolute atomic E-state index is 0.0236. The van der Waals surface area contributed by atoms with Gasteiger partial charge in [0.15, 0.2) is 11.7 Å². The second-order valence-electron chi connectivity index (χ2n) is 5.23. The van der Waals surface area contributed by atoms with Crippen LogP contribution in [-0.4, -0.2) is 24.0 Å². The Morgan fingerprint density at radius 3 is 3.00 bits per heavy atom. The normalized spacial score (nSPS) is 12.0. The molecule has 1 aromatic carbocycles. The zero-order valence-electron chi connectivity index (χ0n) is 13.3. The first kappa shape index (κ1) is 16.1. The summed E-state index contributed by atoms with van der Waals surface area (Å²) in [6.07, 6.45) is 3.47. The van der Waals surface area contributed by atoms with Crippen LogP contribution in [-0.2, 0) is 11.2 Å². The zero-order valence-corrected chi connectivity index (χ0v) is 13.3. The summed E-state index contributed by atoms with van der Waals surface area (Å²) in [4.78, 5) is 16.0. The van der Waals surface area contributed by atoms with Crippen LogP contribution in [0.3, 0.4) is 0 Å². The van der Waals surface area contributed by atoms with Crippen molar-refractivity contribution in [2.45, 2.75) is 39.2 Å². The highest BCUT2D eigenvalue weighted by atomic mass is 16.5. The van der Waals surface area contributed by atoms with Gasteiger partial charge in [-0.25, -0.2) is 4.98 Å². The predicted molar refractivity (Wildman–Crippen MR) is 84.7 cm³/mol. The van der Waals surface area contributed by atoms with Gasteiger partial charge in [-0.15, -0.1) is 0 Å². The summed E-state index contributed by atoms with van der Waals surface area (Å²) in [5, 5.41) is 2.93. The molecule has 0 fully saturated rings. The van der Waals surface area contributed by atoms with Crippen molar-refractivity contribution in [3.63, 3.8) is 0 Å². The Balaban J connectivity index is 1.95. The molecule has 2 aromatic rings. The number of benzene rings is 1. The van der Waals surface area contributed by atoms with Crippen LogP contribution in [0.25, 0.3) is 11.3 Å². The summed E-state index contributed by atoms with van der Waals surface area (Å²) in [6, 6.07) is 7.79. The number of amides is 1. The number of rotatable bonds is 7. The monoisotopic (exact) mass is 302 g/mol. The van der Waals surface area contributed by atoms with Gasteiger partial charge in [0.25, 0.3) is 0 Å². The maximum absolute atomic E-state index is 11.7. The highest BCUT2D eigenvalue weighted by molar-refractivity contribution is 5.76. The fraction of sp³-hybridized carbons (Fsp3) is 0.412. The average molecular weight is 302 g/mol. The third-order valence-electron chi connectivity index (χ3n) is 3.49. The van der Waals surface area contributed by atoms with Gasteiger partial charge in [0, 0.05) is 24.4 Å². The molecule has 2 rings (SSSR count). The number of ether oxygens (including phenoxy) is 1. The van der Waals surface area contributed by atoms with E-state index in [4.69, 9.17) is 9.15 Å². The molecule has 5 nitrogen and oxygen atoms in total. The highest BCUT2D eigenvalue weighted by Gasteiger charge is 2.10. The summed E-state index contributed by atoms with van der Waals surface area (Å²) in [7, 11) is 1.63. The maximum Gasteiger partial charge on any atom is 0.220 e. The molecule has 1 amide bonds. The van der Waals surface area contributed by atoms with Crippen LogP contribution in [0.15, 0.2) is 34.9 Å². The predicted octanol–water partition coefficient (Wildman–Crippen LogP) is 3.20. The van der Waals surface area contributed by atoms with Crippen molar-refractivity contribution in [3.8, 4) is 17.1 Å². The van der Waals surface area contributed by atoms with Gasteiger partial charge in [-0.2, -0.15) is 0 Å². The lowest BCUT2D eigenvalue weighted by Gasteiger charge is -2.10. The van der Waals surface area contributed by atoms with Crippen molar-refractivity contribution in [2.24, 2.45) is 0 Å². The first-order valence-corrected chi connectivity index (χ1v) is 7.51. The maximum atomic E-state index is 11.7.